The Hall–Kier alpha value is -2.02. The van der Waals surface area contributed by atoms with Crippen molar-refractivity contribution >= 4 is 17.6 Å². The molecule has 7 heteroatoms. The second kappa shape index (κ2) is 6.12. The van der Waals surface area contributed by atoms with E-state index in [4.69, 9.17) is 0 Å². The largest absolute Gasteiger partial charge is 0.481 e. The van der Waals surface area contributed by atoms with E-state index in [9.17, 15) is 23.5 Å². The molecule has 24 heavy (non-hydrogen) atoms. The molecule has 3 rings (SSSR count). The standard InChI is InChI=1S/C17H20F2N2O3/c1-10(15(22)20-14-12(18)5-2-6-13(14)19)21-8-11-4-3-7-17(11,9-21)16(23)24/h2,5-6,10-11H,3-4,7-9H2,1H3,(H,20,22)(H,23,24)/t10?,11-,17+/m0/s1. The molecule has 1 aromatic carbocycles. The van der Waals surface area contributed by atoms with Crippen LogP contribution in [0, 0.1) is 23.0 Å². The van der Waals surface area contributed by atoms with Crippen LogP contribution in [0.4, 0.5) is 14.5 Å². The Morgan fingerprint density at radius 2 is 2.04 bits per heavy atom. The average molecular weight is 338 g/mol. The third-order valence-corrected chi connectivity index (χ3v) is 5.46. The second-order valence-corrected chi connectivity index (χ2v) is 6.74. The molecule has 2 aliphatic rings. The molecule has 1 aliphatic heterocycles. The van der Waals surface area contributed by atoms with Crippen molar-refractivity contribution < 1.29 is 23.5 Å². The third kappa shape index (κ3) is 2.66. The second-order valence-electron chi connectivity index (χ2n) is 6.74. The van der Waals surface area contributed by atoms with Gasteiger partial charge >= 0.3 is 5.97 Å². The van der Waals surface area contributed by atoms with E-state index >= 15 is 0 Å². The van der Waals surface area contributed by atoms with Crippen molar-refractivity contribution in [1.82, 2.24) is 4.90 Å². The molecule has 0 spiro atoms. The highest BCUT2D eigenvalue weighted by molar-refractivity contribution is 5.95. The lowest BCUT2D eigenvalue weighted by molar-refractivity contribution is -0.149. The molecule has 2 N–H and O–H groups in total. The van der Waals surface area contributed by atoms with E-state index in [-0.39, 0.29) is 5.92 Å². The molecule has 1 saturated heterocycles. The smallest absolute Gasteiger partial charge is 0.311 e. The van der Waals surface area contributed by atoms with Gasteiger partial charge in [0.2, 0.25) is 5.91 Å². The lowest BCUT2D eigenvalue weighted by Gasteiger charge is -2.26. The average Bonchev–Trinajstić information content (AvgIpc) is 3.08. The van der Waals surface area contributed by atoms with Gasteiger partial charge in [-0.2, -0.15) is 0 Å². The van der Waals surface area contributed by atoms with Crippen LogP contribution in [-0.4, -0.2) is 41.0 Å². The Balaban J connectivity index is 1.72. The number of carboxylic acids is 1. The van der Waals surface area contributed by atoms with Crippen molar-refractivity contribution in [3.05, 3.63) is 29.8 Å². The normalized spacial score (nSPS) is 27.7. The van der Waals surface area contributed by atoms with Crippen molar-refractivity contribution in [1.29, 1.82) is 0 Å². The Labute approximate surface area is 138 Å². The van der Waals surface area contributed by atoms with E-state index in [1.165, 1.54) is 6.07 Å². The number of hydrogen-bond acceptors (Lipinski definition) is 3. The van der Waals surface area contributed by atoms with Crippen LogP contribution in [-0.2, 0) is 9.59 Å². The zero-order chi connectivity index (χ0) is 17.5. The zero-order valence-corrected chi connectivity index (χ0v) is 13.4. The first-order valence-electron chi connectivity index (χ1n) is 8.07. The number of nitrogens with one attached hydrogen (secondary N) is 1. The molecule has 5 nitrogen and oxygen atoms in total. The number of rotatable bonds is 4. The van der Waals surface area contributed by atoms with Crippen molar-refractivity contribution in [2.24, 2.45) is 11.3 Å². The summed E-state index contributed by atoms with van der Waals surface area (Å²) >= 11 is 0. The lowest BCUT2D eigenvalue weighted by atomic mass is 9.81. The number of benzene rings is 1. The fourth-order valence-electron chi connectivity index (χ4n) is 3.98. The Morgan fingerprint density at radius 3 is 2.62 bits per heavy atom. The number of nitrogens with zero attached hydrogens (tertiary/aromatic N) is 1. The summed E-state index contributed by atoms with van der Waals surface area (Å²) < 4.78 is 27.3. The van der Waals surface area contributed by atoms with Crippen LogP contribution in [0.15, 0.2) is 18.2 Å². The van der Waals surface area contributed by atoms with Crippen molar-refractivity contribution in [3.8, 4) is 0 Å². The molecular formula is C17H20F2N2O3. The molecule has 1 aliphatic carbocycles. The van der Waals surface area contributed by atoms with Gasteiger partial charge in [0.15, 0.2) is 0 Å². The highest BCUT2D eigenvalue weighted by Crippen LogP contribution is 2.49. The molecule has 130 valence electrons. The first-order chi connectivity index (χ1) is 11.3. The molecule has 0 bridgehead atoms. The molecule has 2 fully saturated rings. The van der Waals surface area contributed by atoms with Gasteiger partial charge in [-0.05, 0) is 37.8 Å². The van der Waals surface area contributed by atoms with E-state index in [0.29, 0.717) is 19.5 Å². The Morgan fingerprint density at radius 1 is 1.38 bits per heavy atom. The Kier molecular flexibility index (Phi) is 4.29. The number of likely N-dealkylation sites (tertiary alicyclic amines) is 1. The summed E-state index contributed by atoms with van der Waals surface area (Å²) in [5.74, 6) is -3.01. The van der Waals surface area contributed by atoms with Crippen molar-refractivity contribution in [2.45, 2.75) is 32.2 Å². The van der Waals surface area contributed by atoms with Crippen LogP contribution >= 0.6 is 0 Å². The number of anilines is 1. The summed E-state index contributed by atoms with van der Waals surface area (Å²) in [7, 11) is 0. The summed E-state index contributed by atoms with van der Waals surface area (Å²) in [5, 5.41) is 11.9. The highest BCUT2D eigenvalue weighted by Gasteiger charge is 2.55. The molecule has 1 amide bonds. The maximum Gasteiger partial charge on any atom is 0.311 e. The van der Waals surface area contributed by atoms with Gasteiger partial charge in [-0.25, -0.2) is 8.78 Å². The van der Waals surface area contributed by atoms with E-state index in [2.05, 4.69) is 5.32 Å². The molecule has 1 heterocycles. The topological polar surface area (TPSA) is 69.6 Å². The van der Waals surface area contributed by atoms with E-state index < -0.39 is 40.7 Å². The first-order valence-corrected chi connectivity index (χ1v) is 8.07. The minimum Gasteiger partial charge on any atom is -0.481 e. The summed E-state index contributed by atoms with van der Waals surface area (Å²) in [5.41, 5.74) is -1.26. The van der Waals surface area contributed by atoms with Gasteiger partial charge in [0.05, 0.1) is 11.5 Å². The van der Waals surface area contributed by atoms with Gasteiger partial charge in [-0.15, -0.1) is 0 Å². The third-order valence-electron chi connectivity index (χ3n) is 5.46. The lowest BCUT2D eigenvalue weighted by Crippen LogP contribution is -2.43. The van der Waals surface area contributed by atoms with Crippen molar-refractivity contribution in [3.63, 3.8) is 0 Å². The first kappa shape index (κ1) is 16.8. The maximum absolute atomic E-state index is 13.7. The molecular weight excluding hydrogens is 318 g/mol. The minimum atomic E-state index is -0.837. The van der Waals surface area contributed by atoms with Crippen LogP contribution < -0.4 is 5.32 Å². The zero-order valence-electron chi connectivity index (χ0n) is 13.4. The number of carbonyl (C=O) groups is 2. The number of para-hydroxylation sites is 1. The molecule has 1 saturated carbocycles. The van der Waals surface area contributed by atoms with Crippen molar-refractivity contribution in [2.75, 3.05) is 18.4 Å². The monoisotopic (exact) mass is 338 g/mol. The predicted molar refractivity (Wildman–Crippen MR) is 83.4 cm³/mol. The number of carboxylic acid groups (broad SMARTS) is 1. The predicted octanol–water partition coefficient (Wildman–Crippen LogP) is 2.48. The molecule has 0 aromatic heterocycles. The van der Waals surface area contributed by atoms with E-state index in [1.54, 1.807) is 11.8 Å². The summed E-state index contributed by atoms with van der Waals surface area (Å²) in [6.45, 7) is 2.44. The molecule has 3 atom stereocenters. The highest BCUT2D eigenvalue weighted by atomic mass is 19.1. The summed E-state index contributed by atoms with van der Waals surface area (Å²) in [6, 6.07) is 2.71. The quantitative estimate of drug-likeness (QED) is 0.885. The molecule has 1 aromatic rings. The number of amides is 1. The van der Waals surface area contributed by atoms with Gasteiger partial charge in [0.1, 0.15) is 17.3 Å². The fraction of sp³-hybridized carbons (Fsp3) is 0.529. The number of hydrogen-bond donors (Lipinski definition) is 2. The summed E-state index contributed by atoms with van der Waals surface area (Å²) in [4.78, 5) is 25.9. The number of carbonyl (C=O) groups excluding carboxylic acids is 1. The van der Waals surface area contributed by atoms with E-state index in [1.807, 2.05) is 0 Å². The van der Waals surface area contributed by atoms with Gasteiger partial charge in [-0.3, -0.25) is 14.5 Å². The fourth-order valence-corrected chi connectivity index (χ4v) is 3.98. The van der Waals surface area contributed by atoms with Crippen LogP contribution in [0.2, 0.25) is 0 Å². The van der Waals surface area contributed by atoms with Gasteiger partial charge in [0.25, 0.3) is 0 Å². The molecule has 1 unspecified atom stereocenters. The molecule has 0 radical (unpaired) electrons. The van der Waals surface area contributed by atoms with Gasteiger partial charge < -0.3 is 10.4 Å². The summed E-state index contributed by atoms with van der Waals surface area (Å²) in [6.07, 6.45) is 2.32. The van der Waals surface area contributed by atoms with E-state index in [0.717, 1.165) is 25.0 Å². The van der Waals surface area contributed by atoms with Crippen LogP contribution in [0.3, 0.4) is 0 Å². The maximum atomic E-state index is 13.7. The minimum absolute atomic E-state index is 0.0236. The number of fused-ring (bicyclic) bond motifs is 1. The number of aliphatic carboxylic acids is 1. The Bertz CT molecular complexity index is 662. The van der Waals surface area contributed by atoms with Gasteiger partial charge in [0, 0.05) is 13.1 Å². The van der Waals surface area contributed by atoms with Gasteiger partial charge in [-0.1, -0.05) is 12.5 Å². The van der Waals surface area contributed by atoms with Crippen LogP contribution in [0.1, 0.15) is 26.2 Å². The van der Waals surface area contributed by atoms with Crippen LogP contribution in [0.25, 0.3) is 0 Å². The van der Waals surface area contributed by atoms with Crippen LogP contribution in [0.5, 0.6) is 0 Å². The number of halogens is 2. The SMILES string of the molecule is CC(C(=O)Nc1c(F)cccc1F)N1C[C@@H]2CCC[C@@]2(C(=O)O)C1.